The number of likely N-dealkylation sites (N-methyl/N-ethyl adjacent to an activating group) is 1. The maximum atomic E-state index is 13.4. The molecule has 0 saturated carbocycles. The third-order valence-electron chi connectivity index (χ3n) is 5.07. The van der Waals surface area contributed by atoms with Crippen molar-refractivity contribution in [2.75, 3.05) is 33.2 Å². The van der Waals surface area contributed by atoms with Crippen molar-refractivity contribution in [3.05, 3.63) is 35.3 Å². The summed E-state index contributed by atoms with van der Waals surface area (Å²) in [5.41, 5.74) is 2.33. The smallest absolute Gasteiger partial charge is 0.254 e. The van der Waals surface area contributed by atoms with Gasteiger partial charge in [0.1, 0.15) is 0 Å². The van der Waals surface area contributed by atoms with E-state index in [0.717, 1.165) is 54.2 Å². The first kappa shape index (κ1) is 18.1. The number of fused-ring (bicyclic) bond motifs is 1. The normalized spacial score (nSPS) is 16.2. The summed E-state index contributed by atoms with van der Waals surface area (Å²) < 4.78 is 1.90. The number of carbonyl (C=O) groups is 1. The molecule has 27 heavy (non-hydrogen) atoms. The van der Waals surface area contributed by atoms with Crippen molar-refractivity contribution in [3.8, 4) is 10.6 Å². The van der Waals surface area contributed by atoms with E-state index in [9.17, 15) is 4.79 Å². The van der Waals surface area contributed by atoms with Crippen LogP contribution in [0.25, 0.3) is 21.6 Å². The molecule has 7 heteroatoms. The van der Waals surface area contributed by atoms with Gasteiger partial charge in [0.05, 0.1) is 27.7 Å². The zero-order valence-corrected chi connectivity index (χ0v) is 16.9. The van der Waals surface area contributed by atoms with Crippen molar-refractivity contribution in [2.45, 2.75) is 26.3 Å². The van der Waals surface area contributed by atoms with E-state index in [4.69, 9.17) is 4.98 Å². The molecule has 3 aromatic heterocycles. The van der Waals surface area contributed by atoms with Gasteiger partial charge in [0, 0.05) is 25.7 Å². The number of rotatable bonds is 3. The van der Waals surface area contributed by atoms with Crippen molar-refractivity contribution in [3.63, 3.8) is 0 Å². The first-order valence-corrected chi connectivity index (χ1v) is 10.3. The van der Waals surface area contributed by atoms with Gasteiger partial charge in [-0.05, 0) is 51.4 Å². The Balaban J connectivity index is 1.82. The van der Waals surface area contributed by atoms with Gasteiger partial charge in [0.15, 0.2) is 5.65 Å². The van der Waals surface area contributed by atoms with E-state index in [1.807, 2.05) is 33.2 Å². The molecule has 1 saturated heterocycles. The molecule has 6 nitrogen and oxygen atoms in total. The average Bonchev–Trinajstić information content (AvgIpc) is 3.28. The Kier molecular flexibility index (Phi) is 4.97. The molecule has 3 aromatic rings. The molecule has 1 aliphatic heterocycles. The molecule has 0 radical (unpaired) electrons. The van der Waals surface area contributed by atoms with Crippen LogP contribution in [0.2, 0.25) is 0 Å². The summed E-state index contributed by atoms with van der Waals surface area (Å²) in [4.78, 5) is 23.6. The highest BCUT2D eigenvalue weighted by atomic mass is 32.1. The molecular weight excluding hydrogens is 358 g/mol. The Morgan fingerprint density at radius 2 is 2.07 bits per heavy atom. The molecule has 0 bridgehead atoms. The lowest BCUT2D eigenvalue weighted by Gasteiger charge is -2.21. The zero-order chi connectivity index (χ0) is 19.0. The number of aromatic nitrogens is 3. The fourth-order valence-electron chi connectivity index (χ4n) is 3.54. The van der Waals surface area contributed by atoms with E-state index in [0.29, 0.717) is 5.56 Å². The van der Waals surface area contributed by atoms with Crippen LogP contribution in [0.5, 0.6) is 0 Å². The summed E-state index contributed by atoms with van der Waals surface area (Å²) in [6, 6.07) is 6.18. The Hall–Kier alpha value is -2.25. The van der Waals surface area contributed by atoms with Gasteiger partial charge < -0.3 is 9.80 Å². The number of hydrogen-bond donors (Lipinski definition) is 0. The van der Waals surface area contributed by atoms with E-state index in [-0.39, 0.29) is 11.9 Å². The van der Waals surface area contributed by atoms with Gasteiger partial charge in [-0.1, -0.05) is 6.07 Å². The van der Waals surface area contributed by atoms with Crippen LogP contribution in [-0.4, -0.2) is 63.7 Å². The summed E-state index contributed by atoms with van der Waals surface area (Å²) in [6.07, 6.45) is 2.79. The molecule has 4 rings (SSSR count). The second-order valence-electron chi connectivity index (χ2n) is 7.40. The second kappa shape index (κ2) is 7.40. The number of carbonyl (C=O) groups excluding carboxylic acids is 1. The Morgan fingerprint density at radius 1 is 1.22 bits per heavy atom. The van der Waals surface area contributed by atoms with Crippen LogP contribution in [0.3, 0.4) is 0 Å². The molecule has 142 valence electrons. The van der Waals surface area contributed by atoms with Crippen LogP contribution in [-0.2, 0) is 0 Å². The molecule has 4 heterocycles. The molecule has 0 aliphatic carbocycles. The van der Waals surface area contributed by atoms with Crippen LogP contribution in [0.1, 0.15) is 36.7 Å². The van der Waals surface area contributed by atoms with E-state index in [2.05, 4.69) is 30.9 Å². The fourth-order valence-corrected chi connectivity index (χ4v) is 4.23. The van der Waals surface area contributed by atoms with Gasteiger partial charge in [0.2, 0.25) is 0 Å². The van der Waals surface area contributed by atoms with Crippen molar-refractivity contribution < 1.29 is 4.79 Å². The fraction of sp³-hybridized carbons (Fsp3) is 0.450. The van der Waals surface area contributed by atoms with Crippen molar-refractivity contribution in [1.29, 1.82) is 0 Å². The average molecular weight is 384 g/mol. The predicted octanol–water partition coefficient (Wildman–Crippen LogP) is 3.52. The van der Waals surface area contributed by atoms with Crippen LogP contribution in [0, 0.1) is 0 Å². The number of amides is 1. The topological polar surface area (TPSA) is 54.3 Å². The number of thiophene rings is 1. The molecule has 0 spiro atoms. The maximum absolute atomic E-state index is 13.4. The van der Waals surface area contributed by atoms with Gasteiger partial charge >= 0.3 is 0 Å². The molecule has 0 N–H and O–H groups in total. The predicted molar refractivity (Wildman–Crippen MR) is 109 cm³/mol. The van der Waals surface area contributed by atoms with Crippen LogP contribution >= 0.6 is 11.3 Å². The molecule has 0 atom stereocenters. The summed E-state index contributed by atoms with van der Waals surface area (Å²) in [7, 11) is 2.11. The van der Waals surface area contributed by atoms with Crippen molar-refractivity contribution >= 4 is 28.3 Å². The van der Waals surface area contributed by atoms with Crippen molar-refractivity contribution in [2.24, 2.45) is 0 Å². The summed E-state index contributed by atoms with van der Waals surface area (Å²) in [5, 5.41) is 7.39. The summed E-state index contributed by atoms with van der Waals surface area (Å²) in [6.45, 7) is 7.64. The largest absolute Gasteiger partial charge is 0.337 e. The second-order valence-corrected chi connectivity index (χ2v) is 8.35. The van der Waals surface area contributed by atoms with Gasteiger partial charge in [-0.15, -0.1) is 11.3 Å². The van der Waals surface area contributed by atoms with Crippen LogP contribution in [0.15, 0.2) is 29.8 Å². The zero-order valence-electron chi connectivity index (χ0n) is 16.1. The number of pyridine rings is 1. The Morgan fingerprint density at radius 3 is 2.81 bits per heavy atom. The SMILES string of the molecule is CC(C)n1ncc2c(C(=O)N3CCCN(C)CC3)cc(-c3cccs3)nc21. The highest BCUT2D eigenvalue weighted by molar-refractivity contribution is 7.13. The van der Waals surface area contributed by atoms with Gasteiger partial charge in [-0.25, -0.2) is 9.67 Å². The summed E-state index contributed by atoms with van der Waals surface area (Å²) >= 11 is 1.64. The van der Waals surface area contributed by atoms with Crippen molar-refractivity contribution in [1.82, 2.24) is 24.6 Å². The van der Waals surface area contributed by atoms with Gasteiger partial charge in [0.25, 0.3) is 5.91 Å². The van der Waals surface area contributed by atoms with Crippen LogP contribution < -0.4 is 0 Å². The Labute approximate surface area is 163 Å². The minimum absolute atomic E-state index is 0.0822. The molecule has 1 fully saturated rings. The molecule has 0 unspecified atom stereocenters. The molecule has 0 aromatic carbocycles. The first-order chi connectivity index (χ1) is 13.0. The lowest BCUT2D eigenvalue weighted by Crippen LogP contribution is -2.34. The van der Waals surface area contributed by atoms with Crippen LogP contribution in [0.4, 0.5) is 0 Å². The third kappa shape index (κ3) is 3.49. The van der Waals surface area contributed by atoms with E-state index in [1.165, 1.54) is 0 Å². The molecular formula is C20H25N5OS. The highest BCUT2D eigenvalue weighted by Crippen LogP contribution is 2.29. The molecule has 1 aliphatic rings. The first-order valence-electron chi connectivity index (χ1n) is 9.44. The summed E-state index contributed by atoms with van der Waals surface area (Å²) in [5.74, 6) is 0.0822. The van der Waals surface area contributed by atoms with E-state index >= 15 is 0 Å². The third-order valence-corrected chi connectivity index (χ3v) is 5.96. The monoisotopic (exact) mass is 383 g/mol. The minimum Gasteiger partial charge on any atom is -0.337 e. The lowest BCUT2D eigenvalue weighted by molar-refractivity contribution is 0.0764. The van der Waals surface area contributed by atoms with Gasteiger partial charge in [-0.3, -0.25) is 4.79 Å². The van der Waals surface area contributed by atoms with Gasteiger partial charge in [-0.2, -0.15) is 5.10 Å². The molecule has 1 amide bonds. The standard InChI is InChI=1S/C20H25N5OS/c1-14(2)25-19-16(13-21-25)15(12-17(22-19)18-6-4-11-27-18)20(26)24-8-5-7-23(3)9-10-24/h4,6,11-14H,5,7-10H2,1-3H3. The lowest BCUT2D eigenvalue weighted by atomic mass is 10.1. The van der Waals surface area contributed by atoms with E-state index < -0.39 is 0 Å². The maximum Gasteiger partial charge on any atom is 0.254 e. The number of hydrogen-bond acceptors (Lipinski definition) is 5. The number of nitrogens with zero attached hydrogens (tertiary/aromatic N) is 5. The quantitative estimate of drug-likeness (QED) is 0.694. The minimum atomic E-state index is 0.0822. The Bertz CT molecular complexity index is 947. The highest BCUT2D eigenvalue weighted by Gasteiger charge is 2.24. The van der Waals surface area contributed by atoms with E-state index in [1.54, 1.807) is 17.5 Å².